The molecule has 0 bridgehead atoms. The first kappa shape index (κ1) is 10.8. The lowest BCUT2D eigenvalue weighted by atomic mass is 10.1. The van der Waals surface area contributed by atoms with Crippen molar-refractivity contribution in [2.45, 2.75) is 39.2 Å². The van der Waals surface area contributed by atoms with Crippen LogP contribution in [0.3, 0.4) is 0 Å². The highest BCUT2D eigenvalue weighted by Crippen LogP contribution is 2.18. The molecular formula is C11H17NO2. The Morgan fingerprint density at radius 3 is 2.64 bits per heavy atom. The van der Waals surface area contributed by atoms with E-state index >= 15 is 0 Å². The van der Waals surface area contributed by atoms with Gasteiger partial charge in [-0.25, -0.2) is 0 Å². The zero-order chi connectivity index (χ0) is 10.8. The van der Waals surface area contributed by atoms with Crippen molar-refractivity contribution in [3.05, 3.63) is 24.0 Å². The van der Waals surface area contributed by atoms with Gasteiger partial charge in [0.1, 0.15) is 0 Å². The van der Waals surface area contributed by atoms with Crippen molar-refractivity contribution in [1.29, 1.82) is 0 Å². The van der Waals surface area contributed by atoms with Crippen LogP contribution in [0.5, 0.6) is 0 Å². The lowest BCUT2D eigenvalue weighted by Gasteiger charge is -2.24. The maximum Gasteiger partial charge on any atom is 0.303 e. The van der Waals surface area contributed by atoms with Gasteiger partial charge in [0, 0.05) is 17.4 Å². The van der Waals surface area contributed by atoms with Crippen molar-refractivity contribution < 1.29 is 9.90 Å². The molecule has 0 atom stereocenters. The highest BCUT2D eigenvalue weighted by Gasteiger charge is 2.15. The molecule has 1 rings (SSSR count). The molecule has 0 aliphatic heterocycles. The Morgan fingerprint density at radius 2 is 2.14 bits per heavy atom. The van der Waals surface area contributed by atoms with Crippen LogP contribution in [0.25, 0.3) is 0 Å². The highest BCUT2D eigenvalue weighted by atomic mass is 16.4. The molecule has 0 saturated carbocycles. The zero-order valence-corrected chi connectivity index (χ0v) is 8.95. The number of carboxylic acid groups (broad SMARTS) is 1. The third-order valence-corrected chi connectivity index (χ3v) is 2.15. The summed E-state index contributed by atoms with van der Waals surface area (Å²) in [7, 11) is 0. The number of carbonyl (C=O) groups is 1. The Bertz CT molecular complexity index is 320. The van der Waals surface area contributed by atoms with Crippen molar-refractivity contribution in [2.24, 2.45) is 0 Å². The number of aromatic nitrogens is 1. The van der Waals surface area contributed by atoms with Gasteiger partial charge in [-0.3, -0.25) is 4.79 Å². The van der Waals surface area contributed by atoms with Crippen LogP contribution >= 0.6 is 0 Å². The summed E-state index contributed by atoms with van der Waals surface area (Å²) < 4.78 is 2.12. The van der Waals surface area contributed by atoms with Crippen LogP contribution in [-0.2, 0) is 16.8 Å². The Balaban J connectivity index is 2.78. The smallest absolute Gasteiger partial charge is 0.303 e. The van der Waals surface area contributed by atoms with Gasteiger partial charge in [0.15, 0.2) is 0 Å². The predicted molar refractivity (Wildman–Crippen MR) is 55.4 cm³/mol. The van der Waals surface area contributed by atoms with Gasteiger partial charge in [-0.2, -0.15) is 0 Å². The molecule has 1 aromatic rings. The topological polar surface area (TPSA) is 42.2 Å². The van der Waals surface area contributed by atoms with E-state index in [0.29, 0.717) is 6.42 Å². The molecule has 1 N–H and O–H groups in total. The number of rotatable bonds is 3. The fourth-order valence-electron chi connectivity index (χ4n) is 1.51. The zero-order valence-electron chi connectivity index (χ0n) is 8.95. The van der Waals surface area contributed by atoms with Crippen LogP contribution in [0.1, 0.15) is 32.9 Å². The summed E-state index contributed by atoms with van der Waals surface area (Å²) in [6.07, 6.45) is 2.79. The van der Waals surface area contributed by atoms with E-state index in [0.717, 1.165) is 5.69 Å². The van der Waals surface area contributed by atoms with E-state index in [-0.39, 0.29) is 12.0 Å². The fourth-order valence-corrected chi connectivity index (χ4v) is 1.51. The van der Waals surface area contributed by atoms with Gasteiger partial charge < -0.3 is 9.67 Å². The van der Waals surface area contributed by atoms with Gasteiger partial charge in [0.25, 0.3) is 0 Å². The highest BCUT2D eigenvalue weighted by molar-refractivity contribution is 5.66. The first-order chi connectivity index (χ1) is 6.41. The van der Waals surface area contributed by atoms with Crippen LogP contribution in [0.2, 0.25) is 0 Å². The Labute approximate surface area is 84.4 Å². The molecule has 0 amide bonds. The minimum absolute atomic E-state index is 0.0251. The van der Waals surface area contributed by atoms with Crippen molar-refractivity contribution in [2.75, 3.05) is 0 Å². The molecule has 0 spiro atoms. The van der Waals surface area contributed by atoms with E-state index in [4.69, 9.17) is 5.11 Å². The number of aryl methyl sites for hydroxylation is 1. The lowest BCUT2D eigenvalue weighted by Crippen LogP contribution is -2.23. The van der Waals surface area contributed by atoms with E-state index in [1.807, 2.05) is 18.3 Å². The molecule has 3 nitrogen and oxygen atoms in total. The summed E-state index contributed by atoms with van der Waals surface area (Å²) in [5.41, 5.74) is 1.11. The normalized spacial score (nSPS) is 11.6. The van der Waals surface area contributed by atoms with Crippen LogP contribution in [0.4, 0.5) is 0 Å². The maximum atomic E-state index is 10.4. The van der Waals surface area contributed by atoms with E-state index in [9.17, 15) is 4.79 Å². The van der Waals surface area contributed by atoms with Crippen LogP contribution in [0, 0.1) is 0 Å². The first-order valence-corrected chi connectivity index (χ1v) is 4.80. The van der Waals surface area contributed by atoms with Crippen LogP contribution in [-0.4, -0.2) is 15.6 Å². The Morgan fingerprint density at radius 1 is 1.50 bits per heavy atom. The summed E-state index contributed by atoms with van der Waals surface area (Å²) in [6.45, 7) is 6.33. The standard InChI is InChI=1S/C11H17NO2/c1-11(2,3)12-8-4-5-9(12)6-7-10(13)14/h4-5,8H,6-7H2,1-3H3,(H,13,14). The average Bonchev–Trinajstić information content (AvgIpc) is 2.46. The molecule has 14 heavy (non-hydrogen) atoms. The van der Waals surface area contributed by atoms with E-state index in [2.05, 4.69) is 25.3 Å². The van der Waals surface area contributed by atoms with Crippen molar-refractivity contribution in [3.63, 3.8) is 0 Å². The van der Waals surface area contributed by atoms with Gasteiger partial charge in [0.05, 0.1) is 6.42 Å². The summed E-state index contributed by atoms with van der Waals surface area (Å²) in [5.74, 6) is -0.744. The second-order valence-electron chi connectivity index (χ2n) is 4.43. The molecule has 3 heteroatoms. The molecular weight excluding hydrogens is 178 g/mol. The molecule has 1 aromatic heterocycles. The molecule has 1 heterocycles. The number of aliphatic carboxylic acids is 1. The number of hydrogen-bond donors (Lipinski definition) is 1. The molecule has 0 aliphatic carbocycles. The predicted octanol–water partition coefficient (Wildman–Crippen LogP) is 2.26. The Kier molecular flexibility index (Phi) is 2.99. The monoisotopic (exact) mass is 195 g/mol. The molecule has 0 unspecified atom stereocenters. The van der Waals surface area contributed by atoms with Gasteiger partial charge in [0.2, 0.25) is 0 Å². The fraction of sp³-hybridized carbons (Fsp3) is 0.545. The largest absolute Gasteiger partial charge is 0.481 e. The minimum Gasteiger partial charge on any atom is -0.481 e. The molecule has 0 radical (unpaired) electrons. The molecule has 0 saturated heterocycles. The van der Waals surface area contributed by atoms with Gasteiger partial charge in [-0.15, -0.1) is 0 Å². The van der Waals surface area contributed by atoms with Crippen molar-refractivity contribution in [1.82, 2.24) is 4.57 Å². The molecule has 0 fully saturated rings. The van der Waals surface area contributed by atoms with E-state index < -0.39 is 5.97 Å². The lowest BCUT2D eigenvalue weighted by molar-refractivity contribution is -0.137. The van der Waals surface area contributed by atoms with Gasteiger partial charge in [-0.05, 0) is 39.3 Å². The van der Waals surface area contributed by atoms with Crippen LogP contribution in [0.15, 0.2) is 18.3 Å². The van der Waals surface area contributed by atoms with E-state index in [1.165, 1.54) is 0 Å². The van der Waals surface area contributed by atoms with Gasteiger partial charge >= 0.3 is 5.97 Å². The summed E-state index contributed by atoms with van der Waals surface area (Å²) >= 11 is 0. The van der Waals surface area contributed by atoms with Crippen molar-refractivity contribution >= 4 is 5.97 Å². The average molecular weight is 195 g/mol. The third kappa shape index (κ3) is 2.62. The second kappa shape index (κ2) is 3.86. The second-order valence-corrected chi connectivity index (χ2v) is 4.43. The minimum atomic E-state index is -0.744. The molecule has 78 valence electrons. The number of hydrogen-bond acceptors (Lipinski definition) is 1. The summed E-state index contributed by atoms with van der Waals surface area (Å²) in [4.78, 5) is 10.4. The first-order valence-electron chi connectivity index (χ1n) is 4.80. The summed E-state index contributed by atoms with van der Waals surface area (Å²) in [6, 6.07) is 3.94. The third-order valence-electron chi connectivity index (χ3n) is 2.15. The number of carboxylic acids is 1. The number of nitrogens with zero attached hydrogens (tertiary/aromatic N) is 1. The van der Waals surface area contributed by atoms with Gasteiger partial charge in [-0.1, -0.05) is 0 Å². The maximum absolute atomic E-state index is 10.4. The van der Waals surface area contributed by atoms with Crippen molar-refractivity contribution in [3.8, 4) is 0 Å². The SMILES string of the molecule is CC(C)(C)n1cccc1CCC(=O)O. The quantitative estimate of drug-likeness (QED) is 0.803. The van der Waals surface area contributed by atoms with Crippen LogP contribution < -0.4 is 0 Å². The van der Waals surface area contributed by atoms with E-state index in [1.54, 1.807) is 0 Å². The molecule has 0 aromatic carbocycles. The summed E-state index contributed by atoms with van der Waals surface area (Å²) in [5, 5.41) is 8.60. The molecule has 0 aliphatic rings. The Hall–Kier alpha value is -1.25.